The lowest BCUT2D eigenvalue weighted by atomic mass is 10.3. The number of hydrogen-bond donors (Lipinski definition) is 2. The standard InChI is InChI=1S/C11H12F3NO5S/c12-11(13,14)20-7-1-3-8(4-2-7)21(18,19)15-5-9(16)10(17)6-15/h1-4,9-10,16-17H,5-6H2/t9-,10-/m0/s1. The highest BCUT2D eigenvalue weighted by molar-refractivity contribution is 7.89. The molecule has 118 valence electrons. The summed E-state index contributed by atoms with van der Waals surface area (Å²) in [5.41, 5.74) is 0. The molecule has 1 heterocycles. The monoisotopic (exact) mass is 327 g/mol. The Morgan fingerprint density at radius 3 is 2.00 bits per heavy atom. The average molecular weight is 327 g/mol. The molecule has 0 aliphatic carbocycles. The number of alkyl halides is 3. The molecule has 1 aliphatic heterocycles. The van der Waals surface area contributed by atoms with E-state index in [4.69, 9.17) is 0 Å². The van der Waals surface area contributed by atoms with Crippen LogP contribution in [0, 0.1) is 0 Å². The number of nitrogens with zero attached hydrogens (tertiary/aromatic N) is 1. The zero-order valence-corrected chi connectivity index (χ0v) is 11.3. The van der Waals surface area contributed by atoms with E-state index in [0.717, 1.165) is 28.6 Å². The molecule has 6 nitrogen and oxygen atoms in total. The molecule has 0 radical (unpaired) electrons. The maximum Gasteiger partial charge on any atom is 0.573 e. The second-order valence-electron chi connectivity index (χ2n) is 4.48. The highest BCUT2D eigenvalue weighted by atomic mass is 32.2. The topological polar surface area (TPSA) is 87.1 Å². The van der Waals surface area contributed by atoms with Crippen LogP contribution >= 0.6 is 0 Å². The molecule has 0 aromatic heterocycles. The summed E-state index contributed by atoms with van der Waals surface area (Å²) >= 11 is 0. The van der Waals surface area contributed by atoms with Crippen LogP contribution in [0.25, 0.3) is 0 Å². The van der Waals surface area contributed by atoms with Crippen molar-refractivity contribution in [3.8, 4) is 5.75 Å². The molecule has 0 spiro atoms. The third-order valence-corrected chi connectivity index (χ3v) is 4.77. The number of rotatable bonds is 3. The summed E-state index contributed by atoms with van der Waals surface area (Å²) < 4.78 is 64.8. The van der Waals surface area contributed by atoms with E-state index in [9.17, 15) is 31.8 Å². The molecule has 1 saturated heterocycles. The number of ether oxygens (including phenoxy) is 1. The lowest BCUT2D eigenvalue weighted by Gasteiger charge is -2.16. The van der Waals surface area contributed by atoms with Crippen molar-refractivity contribution in [2.45, 2.75) is 23.5 Å². The van der Waals surface area contributed by atoms with Gasteiger partial charge in [0.1, 0.15) is 5.75 Å². The first-order chi connectivity index (χ1) is 9.59. The SMILES string of the molecule is O=S(=O)(c1ccc(OC(F)(F)F)cc1)N1C[C@H](O)[C@@H](O)C1. The number of aliphatic hydroxyl groups excluding tert-OH is 2. The van der Waals surface area contributed by atoms with Gasteiger partial charge in [-0.3, -0.25) is 0 Å². The van der Waals surface area contributed by atoms with Crippen molar-refractivity contribution in [3.05, 3.63) is 24.3 Å². The Morgan fingerprint density at radius 1 is 1.10 bits per heavy atom. The van der Waals surface area contributed by atoms with Gasteiger partial charge in [0.2, 0.25) is 10.0 Å². The number of hydrogen-bond acceptors (Lipinski definition) is 5. The molecule has 0 unspecified atom stereocenters. The Balaban J connectivity index is 2.18. The van der Waals surface area contributed by atoms with Crippen LogP contribution in [0.2, 0.25) is 0 Å². The molecular formula is C11H12F3NO5S. The van der Waals surface area contributed by atoms with Crippen molar-refractivity contribution in [1.82, 2.24) is 4.31 Å². The molecular weight excluding hydrogens is 315 g/mol. The van der Waals surface area contributed by atoms with E-state index in [2.05, 4.69) is 4.74 Å². The summed E-state index contributed by atoms with van der Waals surface area (Å²) in [7, 11) is -3.99. The number of sulfonamides is 1. The Bertz CT molecular complexity index is 591. The normalized spacial score (nSPS) is 24.2. The van der Waals surface area contributed by atoms with Gasteiger partial charge in [-0.05, 0) is 24.3 Å². The smallest absolute Gasteiger partial charge is 0.406 e. The molecule has 10 heteroatoms. The molecule has 0 saturated carbocycles. The van der Waals surface area contributed by atoms with Crippen LogP contribution in [-0.2, 0) is 10.0 Å². The molecule has 1 aliphatic rings. The van der Waals surface area contributed by atoms with Crippen LogP contribution in [-0.4, -0.2) is 54.6 Å². The minimum absolute atomic E-state index is 0.252. The lowest BCUT2D eigenvalue weighted by molar-refractivity contribution is -0.274. The molecule has 2 N–H and O–H groups in total. The number of aliphatic hydroxyl groups is 2. The van der Waals surface area contributed by atoms with E-state index in [1.165, 1.54) is 0 Å². The lowest BCUT2D eigenvalue weighted by Crippen LogP contribution is -2.30. The zero-order chi connectivity index (χ0) is 15.8. The Morgan fingerprint density at radius 2 is 1.57 bits per heavy atom. The molecule has 0 bridgehead atoms. The summed E-state index contributed by atoms with van der Waals surface area (Å²) in [6.07, 6.45) is -7.23. The summed E-state index contributed by atoms with van der Waals surface area (Å²) in [5, 5.41) is 18.7. The highest BCUT2D eigenvalue weighted by Gasteiger charge is 2.37. The third kappa shape index (κ3) is 3.64. The molecule has 0 amide bonds. The number of β-amino-alcohol motifs (C(OH)–C–C–N with tert-alkyl or cyclic N) is 2. The molecule has 21 heavy (non-hydrogen) atoms. The fourth-order valence-corrected chi connectivity index (χ4v) is 3.37. The van der Waals surface area contributed by atoms with Crippen LogP contribution in [0.15, 0.2) is 29.2 Å². The van der Waals surface area contributed by atoms with Gasteiger partial charge in [0, 0.05) is 13.1 Å². The maximum absolute atomic E-state index is 12.2. The molecule has 2 rings (SSSR count). The maximum atomic E-state index is 12.2. The van der Waals surface area contributed by atoms with E-state index >= 15 is 0 Å². The summed E-state index contributed by atoms with van der Waals surface area (Å²) in [6.45, 7) is -0.547. The van der Waals surface area contributed by atoms with Crippen LogP contribution < -0.4 is 4.74 Å². The molecule has 1 aromatic carbocycles. The van der Waals surface area contributed by atoms with E-state index in [1.54, 1.807) is 0 Å². The highest BCUT2D eigenvalue weighted by Crippen LogP contribution is 2.26. The van der Waals surface area contributed by atoms with Gasteiger partial charge in [0.05, 0.1) is 17.1 Å². The van der Waals surface area contributed by atoms with Gasteiger partial charge in [0.25, 0.3) is 0 Å². The average Bonchev–Trinajstić information content (AvgIpc) is 2.69. The van der Waals surface area contributed by atoms with Crippen molar-refractivity contribution < 1.29 is 36.5 Å². The van der Waals surface area contributed by atoms with E-state index in [0.29, 0.717) is 0 Å². The number of halogens is 3. The molecule has 1 fully saturated rings. The minimum Gasteiger partial charge on any atom is -0.406 e. The molecule has 2 atom stereocenters. The van der Waals surface area contributed by atoms with Gasteiger partial charge in [-0.25, -0.2) is 8.42 Å². The molecule has 1 aromatic rings. The second kappa shape index (κ2) is 5.44. The summed E-state index contributed by atoms with van der Waals surface area (Å²) in [4.78, 5) is -0.252. The van der Waals surface area contributed by atoms with Crippen molar-refractivity contribution in [2.24, 2.45) is 0 Å². The van der Waals surface area contributed by atoms with Crippen molar-refractivity contribution in [3.63, 3.8) is 0 Å². The fourth-order valence-electron chi connectivity index (χ4n) is 1.89. The first kappa shape index (κ1) is 16.0. The van der Waals surface area contributed by atoms with Gasteiger partial charge in [0.15, 0.2) is 0 Å². The van der Waals surface area contributed by atoms with Crippen molar-refractivity contribution in [1.29, 1.82) is 0 Å². The fraction of sp³-hybridized carbons (Fsp3) is 0.455. The van der Waals surface area contributed by atoms with E-state index in [-0.39, 0.29) is 18.0 Å². The largest absolute Gasteiger partial charge is 0.573 e. The zero-order valence-electron chi connectivity index (χ0n) is 10.5. The van der Waals surface area contributed by atoms with Gasteiger partial charge in [-0.2, -0.15) is 4.31 Å². The first-order valence-electron chi connectivity index (χ1n) is 5.82. The quantitative estimate of drug-likeness (QED) is 0.834. The minimum atomic E-state index is -4.86. The third-order valence-electron chi connectivity index (χ3n) is 2.92. The first-order valence-corrected chi connectivity index (χ1v) is 7.26. The Hall–Kier alpha value is -1.36. The van der Waals surface area contributed by atoms with Gasteiger partial charge in [-0.15, -0.1) is 13.2 Å². The summed E-state index contributed by atoms with van der Waals surface area (Å²) in [5.74, 6) is -0.539. The van der Waals surface area contributed by atoms with Gasteiger partial charge >= 0.3 is 6.36 Å². The van der Waals surface area contributed by atoms with Crippen LogP contribution in [0.5, 0.6) is 5.75 Å². The van der Waals surface area contributed by atoms with Crippen LogP contribution in [0.1, 0.15) is 0 Å². The summed E-state index contributed by atoms with van der Waals surface area (Å²) in [6, 6.07) is 3.69. The van der Waals surface area contributed by atoms with Crippen molar-refractivity contribution >= 4 is 10.0 Å². The van der Waals surface area contributed by atoms with Crippen LogP contribution in [0.4, 0.5) is 13.2 Å². The predicted octanol–water partition coefficient (Wildman–Crippen LogP) is 0.311. The number of benzene rings is 1. The van der Waals surface area contributed by atoms with E-state index < -0.39 is 34.3 Å². The van der Waals surface area contributed by atoms with Crippen molar-refractivity contribution in [2.75, 3.05) is 13.1 Å². The Kier molecular flexibility index (Phi) is 4.15. The van der Waals surface area contributed by atoms with E-state index in [1.807, 2.05) is 0 Å². The van der Waals surface area contributed by atoms with Crippen LogP contribution in [0.3, 0.4) is 0 Å². The predicted molar refractivity (Wildman–Crippen MR) is 63.9 cm³/mol. The Labute approximate surface area is 118 Å². The second-order valence-corrected chi connectivity index (χ2v) is 6.41. The van der Waals surface area contributed by atoms with Gasteiger partial charge < -0.3 is 14.9 Å². The van der Waals surface area contributed by atoms with Gasteiger partial charge in [-0.1, -0.05) is 0 Å².